The van der Waals surface area contributed by atoms with Crippen LogP contribution in [0.3, 0.4) is 0 Å². The SMILES string of the molecule is CC1C2O[C@@H]2C[C@@H]1O. The molecule has 2 fully saturated rings. The van der Waals surface area contributed by atoms with E-state index in [1.165, 1.54) is 0 Å². The summed E-state index contributed by atoms with van der Waals surface area (Å²) in [5, 5.41) is 9.12. The van der Waals surface area contributed by atoms with Gasteiger partial charge < -0.3 is 9.84 Å². The molecule has 0 amide bonds. The summed E-state index contributed by atoms with van der Waals surface area (Å²) >= 11 is 0. The van der Waals surface area contributed by atoms with Gasteiger partial charge in [-0.25, -0.2) is 0 Å². The molecular weight excluding hydrogens is 104 g/mol. The Balaban J connectivity index is 2.08. The number of aliphatic hydroxyl groups excluding tert-OH is 1. The van der Waals surface area contributed by atoms with E-state index in [0.717, 1.165) is 6.42 Å². The second-order valence-corrected chi connectivity index (χ2v) is 2.80. The molecule has 0 aromatic carbocycles. The Kier molecular flexibility index (Phi) is 0.746. The summed E-state index contributed by atoms with van der Waals surface area (Å²) in [7, 11) is 0. The first kappa shape index (κ1) is 4.77. The highest BCUT2D eigenvalue weighted by Crippen LogP contribution is 2.42. The summed E-state index contributed by atoms with van der Waals surface area (Å²) in [5.74, 6) is 0.389. The third kappa shape index (κ3) is 0.446. The van der Waals surface area contributed by atoms with E-state index < -0.39 is 0 Å². The number of aliphatic hydroxyl groups is 1. The van der Waals surface area contributed by atoms with Crippen molar-refractivity contribution in [1.29, 1.82) is 0 Å². The van der Waals surface area contributed by atoms with Gasteiger partial charge in [0.1, 0.15) is 0 Å². The van der Waals surface area contributed by atoms with Gasteiger partial charge in [-0.15, -0.1) is 0 Å². The lowest BCUT2D eigenvalue weighted by atomic mass is 10.1. The molecule has 2 heteroatoms. The van der Waals surface area contributed by atoms with Gasteiger partial charge in [-0.2, -0.15) is 0 Å². The minimum Gasteiger partial charge on any atom is -0.393 e. The zero-order valence-electron chi connectivity index (χ0n) is 4.87. The van der Waals surface area contributed by atoms with Gasteiger partial charge in [-0.1, -0.05) is 6.92 Å². The maximum absolute atomic E-state index is 9.12. The molecule has 1 heterocycles. The van der Waals surface area contributed by atoms with E-state index >= 15 is 0 Å². The highest BCUT2D eigenvalue weighted by molar-refractivity contribution is 5.00. The maximum atomic E-state index is 9.12. The van der Waals surface area contributed by atoms with Crippen LogP contribution in [0.4, 0.5) is 0 Å². The van der Waals surface area contributed by atoms with Gasteiger partial charge in [0.25, 0.3) is 0 Å². The summed E-state index contributed by atoms with van der Waals surface area (Å²) in [6.45, 7) is 2.04. The largest absolute Gasteiger partial charge is 0.393 e. The highest BCUT2D eigenvalue weighted by Gasteiger charge is 2.52. The van der Waals surface area contributed by atoms with Gasteiger partial charge in [-0.05, 0) is 0 Å². The zero-order valence-corrected chi connectivity index (χ0v) is 4.87. The van der Waals surface area contributed by atoms with Crippen molar-refractivity contribution in [2.75, 3.05) is 0 Å². The van der Waals surface area contributed by atoms with Crippen LogP contribution in [0, 0.1) is 5.92 Å². The molecule has 4 atom stereocenters. The van der Waals surface area contributed by atoms with Crippen LogP contribution in [0.2, 0.25) is 0 Å². The van der Waals surface area contributed by atoms with Crippen molar-refractivity contribution in [1.82, 2.24) is 0 Å². The lowest BCUT2D eigenvalue weighted by molar-refractivity contribution is 0.0832. The molecule has 0 aromatic heterocycles. The number of ether oxygens (including phenoxy) is 1. The number of hydrogen-bond acceptors (Lipinski definition) is 2. The van der Waals surface area contributed by atoms with E-state index in [2.05, 4.69) is 0 Å². The van der Waals surface area contributed by atoms with Gasteiger partial charge in [0.15, 0.2) is 0 Å². The van der Waals surface area contributed by atoms with Gasteiger partial charge in [0, 0.05) is 12.3 Å². The van der Waals surface area contributed by atoms with Crippen molar-refractivity contribution >= 4 is 0 Å². The van der Waals surface area contributed by atoms with Crippen LogP contribution in [-0.2, 0) is 4.74 Å². The summed E-state index contributed by atoms with van der Waals surface area (Å²) in [6, 6.07) is 0. The summed E-state index contributed by atoms with van der Waals surface area (Å²) < 4.78 is 5.18. The van der Waals surface area contributed by atoms with Gasteiger partial charge in [0.2, 0.25) is 0 Å². The molecule has 46 valence electrons. The Morgan fingerprint density at radius 3 is 2.62 bits per heavy atom. The first-order chi connectivity index (χ1) is 3.79. The fourth-order valence-electron chi connectivity index (χ4n) is 1.48. The average molecular weight is 114 g/mol. The van der Waals surface area contributed by atoms with Crippen molar-refractivity contribution in [3.05, 3.63) is 0 Å². The lowest BCUT2D eigenvalue weighted by Gasteiger charge is -2.08. The molecule has 2 rings (SSSR count). The molecular formula is C6H10O2. The molecule has 0 radical (unpaired) electrons. The minimum atomic E-state index is -0.0845. The predicted molar refractivity (Wildman–Crippen MR) is 28.4 cm³/mol. The van der Waals surface area contributed by atoms with E-state index in [4.69, 9.17) is 9.84 Å². The standard InChI is InChI=1S/C6H10O2/c1-3-4(7)2-5-6(3)8-5/h3-7H,2H2,1H3/t3?,4-,5+,6?/m0/s1. The molecule has 8 heavy (non-hydrogen) atoms. The van der Waals surface area contributed by atoms with Crippen LogP contribution in [0.25, 0.3) is 0 Å². The summed E-state index contributed by atoms with van der Waals surface area (Å²) in [5.41, 5.74) is 0. The summed E-state index contributed by atoms with van der Waals surface area (Å²) in [6.07, 6.45) is 1.61. The molecule has 1 N–H and O–H groups in total. The zero-order chi connectivity index (χ0) is 5.72. The Hall–Kier alpha value is -0.0800. The smallest absolute Gasteiger partial charge is 0.0892 e. The highest BCUT2D eigenvalue weighted by atomic mass is 16.6. The molecule has 0 spiro atoms. The number of rotatable bonds is 0. The third-order valence-corrected chi connectivity index (χ3v) is 2.22. The maximum Gasteiger partial charge on any atom is 0.0892 e. The van der Waals surface area contributed by atoms with Crippen LogP contribution in [-0.4, -0.2) is 23.4 Å². The molecule has 2 unspecified atom stereocenters. The van der Waals surface area contributed by atoms with E-state index in [9.17, 15) is 0 Å². The molecule has 2 aliphatic rings. The van der Waals surface area contributed by atoms with E-state index in [-0.39, 0.29) is 6.10 Å². The number of epoxide rings is 1. The fourth-order valence-corrected chi connectivity index (χ4v) is 1.48. The quantitative estimate of drug-likeness (QED) is 0.455. The molecule has 1 aliphatic carbocycles. The second-order valence-electron chi connectivity index (χ2n) is 2.80. The predicted octanol–water partition coefficient (Wildman–Crippen LogP) is 0.154. The van der Waals surface area contributed by atoms with Gasteiger partial charge >= 0.3 is 0 Å². The topological polar surface area (TPSA) is 32.8 Å². The van der Waals surface area contributed by atoms with E-state index in [1.54, 1.807) is 0 Å². The summed E-state index contributed by atoms with van der Waals surface area (Å²) in [4.78, 5) is 0. The van der Waals surface area contributed by atoms with Crippen LogP contribution in [0.5, 0.6) is 0 Å². The fraction of sp³-hybridized carbons (Fsp3) is 1.00. The number of hydrogen-bond donors (Lipinski definition) is 1. The first-order valence-electron chi connectivity index (χ1n) is 3.12. The Labute approximate surface area is 48.5 Å². The average Bonchev–Trinajstić information content (AvgIpc) is 2.39. The third-order valence-electron chi connectivity index (χ3n) is 2.22. The first-order valence-corrected chi connectivity index (χ1v) is 3.12. The normalized spacial score (nSPS) is 60.8. The number of fused-ring (bicyclic) bond motifs is 1. The molecule has 0 aromatic rings. The molecule has 2 nitrogen and oxygen atoms in total. The van der Waals surface area contributed by atoms with Crippen molar-refractivity contribution in [3.8, 4) is 0 Å². The minimum absolute atomic E-state index is 0.0845. The van der Waals surface area contributed by atoms with E-state index in [1.807, 2.05) is 6.92 Å². The Morgan fingerprint density at radius 1 is 1.62 bits per heavy atom. The van der Waals surface area contributed by atoms with Crippen molar-refractivity contribution < 1.29 is 9.84 Å². The van der Waals surface area contributed by atoms with Crippen molar-refractivity contribution in [3.63, 3.8) is 0 Å². The van der Waals surface area contributed by atoms with Crippen LogP contribution in [0.15, 0.2) is 0 Å². The molecule has 1 aliphatic heterocycles. The lowest BCUT2D eigenvalue weighted by Crippen LogP contribution is -2.15. The van der Waals surface area contributed by atoms with Crippen molar-refractivity contribution in [2.45, 2.75) is 31.7 Å². The van der Waals surface area contributed by atoms with E-state index in [0.29, 0.717) is 18.1 Å². The molecule has 1 saturated carbocycles. The van der Waals surface area contributed by atoms with Gasteiger partial charge in [0.05, 0.1) is 18.3 Å². The molecule has 0 bridgehead atoms. The van der Waals surface area contributed by atoms with Gasteiger partial charge in [-0.3, -0.25) is 0 Å². The van der Waals surface area contributed by atoms with Crippen molar-refractivity contribution in [2.24, 2.45) is 5.92 Å². The Morgan fingerprint density at radius 2 is 2.38 bits per heavy atom. The second kappa shape index (κ2) is 1.25. The monoisotopic (exact) mass is 114 g/mol. The van der Waals surface area contributed by atoms with Crippen LogP contribution in [0.1, 0.15) is 13.3 Å². The van der Waals surface area contributed by atoms with Crippen LogP contribution < -0.4 is 0 Å². The molecule has 1 saturated heterocycles. The van der Waals surface area contributed by atoms with Crippen LogP contribution >= 0.6 is 0 Å². The Bertz CT molecular complexity index is 111.